The first kappa shape index (κ1) is 13.5. The Hall–Kier alpha value is -1.93. The molecule has 0 bridgehead atoms. The van der Waals surface area contributed by atoms with Crippen molar-refractivity contribution >= 4 is 15.9 Å². The van der Waals surface area contributed by atoms with Crippen LogP contribution in [-0.4, -0.2) is 0 Å². The summed E-state index contributed by atoms with van der Waals surface area (Å²) in [6.45, 7) is 0.0326. The average Bonchev–Trinajstić information content (AvgIpc) is 2.38. The molecule has 2 nitrogen and oxygen atoms in total. The van der Waals surface area contributed by atoms with Crippen molar-refractivity contribution in [3.63, 3.8) is 0 Å². The van der Waals surface area contributed by atoms with Crippen LogP contribution in [0.4, 0.5) is 8.78 Å². The number of halogens is 3. The van der Waals surface area contributed by atoms with Crippen LogP contribution >= 0.6 is 15.9 Å². The fourth-order valence-corrected chi connectivity index (χ4v) is 2.09. The molecule has 0 aliphatic heterocycles. The van der Waals surface area contributed by atoms with Crippen LogP contribution in [0.3, 0.4) is 0 Å². The zero-order valence-electron chi connectivity index (χ0n) is 9.66. The minimum absolute atomic E-state index is 0.0326. The molecule has 0 unspecified atom stereocenters. The van der Waals surface area contributed by atoms with Gasteiger partial charge in [-0.3, -0.25) is 0 Å². The molecule has 0 aliphatic carbocycles. The van der Waals surface area contributed by atoms with Crippen molar-refractivity contribution in [2.24, 2.45) is 0 Å². The zero-order valence-corrected chi connectivity index (χ0v) is 11.2. The summed E-state index contributed by atoms with van der Waals surface area (Å²) < 4.78 is 32.0. The van der Waals surface area contributed by atoms with Crippen molar-refractivity contribution in [2.45, 2.75) is 6.61 Å². The third-order valence-electron chi connectivity index (χ3n) is 2.47. The molecular formula is C14H8BrF2NO. The Morgan fingerprint density at radius 1 is 1.21 bits per heavy atom. The van der Waals surface area contributed by atoms with Gasteiger partial charge in [-0.1, -0.05) is 18.2 Å². The first-order valence-electron chi connectivity index (χ1n) is 5.37. The Balaban J connectivity index is 2.22. The summed E-state index contributed by atoms with van der Waals surface area (Å²) in [4.78, 5) is 0. The van der Waals surface area contributed by atoms with Crippen molar-refractivity contribution in [1.82, 2.24) is 0 Å². The number of hydrogen-bond acceptors (Lipinski definition) is 2. The maximum Gasteiger partial charge on any atom is 0.169 e. The predicted molar refractivity (Wildman–Crippen MR) is 69.5 cm³/mol. The number of benzene rings is 2. The van der Waals surface area contributed by atoms with E-state index in [1.807, 2.05) is 6.07 Å². The number of nitrogens with zero attached hydrogens (tertiary/aromatic N) is 1. The van der Waals surface area contributed by atoms with E-state index in [2.05, 4.69) is 15.9 Å². The Morgan fingerprint density at radius 2 is 1.95 bits per heavy atom. The quantitative estimate of drug-likeness (QED) is 0.849. The van der Waals surface area contributed by atoms with Gasteiger partial charge >= 0.3 is 0 Å². The molecule has 5 heteroatoms. The molecule has 0 fully saturated rings. The van der Waals surface area contributed by atoms with Gasteiger partial charge in [0.1, 0.15) is 12.4 Å². The third kappa shape index (κ3) is 3.09. The second-order valence-electron chi connectivity index (χ2n) is 3.76. The van der Waals surface area contributed by atoms with E-state index in [-0.39, 0.29) is 16.8 Å². The lowest BCUT2D eigenvalue weighted by atomic mass is 10.1. The van der Waals surface area contributed by atoms with E-state index in [0.29, 0.717) is 11.1 Å². The molecule has 0 aliphatic rings. The number of nitriles is 1. The molecule has 2 aromatic carbocycles. The van der Waals surface area contributed by atoms with Crippen molar-refractivity contribution in [3.8, 4) is 11.8 Å². The van der Waals surface area contributed by atoms with Gasteiger partial charge in [0.15, 0.2) is 11.6 Å². The van der Waals surface area contributed by atoms with E-state index in [1.54, 1.807) is 24.3 Å². The lowest BCUT2D eigenvalue weighted by molar-refractivity contribution is 0.287. The summed E-state index contributed by atoms with van der Waals surface area (Å²) in [6, 6.07) is 10.7. The number of rotatable bonds is 3. The Bertz CT molecular complexity index is 629. The summed E-state index contributed by atoms with van der Waals surface area (Å²) in [5, 5.41) is 8.92. The van der Waals surface area contributed by atoms with Gasteiger partial charge in [0.05, 0.1) is 16.1 Å². The molecule has 0 radical (unpaired) electrons. The molecule has 96 valence electrons. The molecule has 0 saturated carbocycles. The Kier molecular flexibility index (Phi) is 4.13. The first-order chi connectivity index (χ1) is 9.11. The molecule has 2 rings (SSSR count). The van der Waals surface area contributed by atoms with Gasteiger partial charge in [0, 0.05) is 11.6 Å². The predicted octanol–water partition coefficient (Wildman–Crippen LogP) is 4.18. The Labute approximate surface area is 117 Å². The summed E-state index contributed by atoms with van der Waals surface area (Å²) in [5.41, 5.74) is 1.10. The van der Waals surface area contributed by atoms with Gasteiger partial charge in [0.25, 0.3) is 0 Å². The van der Waals surface area contributed by atoms with E-state index < -0.39 is 11.6 Å². The van der Waals surface area contributed by atoms with E-state index in [9.17, 15) is 8.78 Å². The zero-order chi connectivity index (χ0) is 13.8. The molecule has 19 heavy (non-hydrogen) atoms. The van der Waals surface area contributed by atoms with E-state index >= 15 is 0 Å². The number of hydrogen-bond donors (Lipinski definition) is 0. The maximum absolute atomic E-state index is 13.5. The highest BCUT2D eigenvalue weighted by atomic mass is 79.9. The molecule has 2 aromatic rings. The first-order valence-corrected chi connectivity index (χ1v) is 6.16. The van der Waals surface area contributed by atoms with Crippen LogP contribution in [0.5, 0.6) is 5.75 Å². The van der Waals surface area contributed by atoms with E-state index in [0.717, 1.165) is 12.1 Å². The second kappa shape index (κ2) is 5.81. The van der Waals surface area contributed by atoms with Crippen LogP contribution in [0.25, 0.3) is 0 Å². The van der Waals surface area contributed by atoms with Gasteiger partial charge in [0.2, 0.25) is 0 Å². The largest absolute Gasteiger partial charge is 0.485 e. The SMILES string of the molecule is N#Cc1ccccc1COc1c(F)cc(F)cc1Br. The second-order valence-corrected chi connectivity index (χ2v) is 4.61. The molecule has 0 saturated heterocycles. The highest BCUT2D eigenvalue weighted by molar-refractivity contribution is 9.10. The van der Waals surface area contributed by atoms with Gasteiger partial charge < -0.3 is 4.74 Å². The molecule has 0 spiro atoms. The summed E-state index contributed by atoms with van der Waals surface area (Å²) >= 11 is 3.04. The molecule has 0 aromatic heterocycles. The van der Waals surface area contributed by atoms with Crippen molar-refractivity contribution < 1.29 is 13.5 Å². The normalized spacial score (nSPS) is 10.0. The average molecular weight is 324 g/mol. The van der Waals surface area contributed by atoms with Crippen LogP contribution in [0, 0.1) is 23.0 Å². The lowest BCUT2D eigenvalue weighted by Gasteiger charge is -2.10. The summed E-state index contributed by atoms with van der Waals surface area (Å²) in [6.07, 6.45) is 0. The van der Waals surface area contributed by atoms with E-state index in [1.165, 1.54) is 0 Å². The maximum atomic E-state index is 13.5. The van der Waals surface area contributed by atoms with Crippen molar-refractivity contribution in [3.05, 3.63) is 63.6 Å². The standard InChI is InChI=1S/C14H8BrF2NO/c15-12-5-11(16)6-13(17)14(12)19-8-10-4-2-1-3-9(10)7-18/h1-6H,8H2. The van der Waals surface area contributed by atoms with Gasteiger partial charge in [-0.25, -0.2) is 8.78 Å². The summed E-state index contributed by atoms with van der Waals surface area (Å²) in [5.74, 6) is -1.55. The minimum Gasteiger partial charge on any atom is -0.485 e. The topological polar surface area (TPSA) is 33.0 Å². The van der Waals surface area contributed by atoms with Crippen molar-refractivity contribution in [1.29, 1.82) is 5.26 Å². The Morgan fingerprint density at radius 3 is 2.63 bits per heavy atom. The highest BCUT2D eigenvalue weighted by Crippen LogP contribution is 2.30. The van der Waals surface area contributed by atoms with Crippen molar-refractivity contribution in [2.75, 3.05) is 0 Å². The molecular weight excluding hydrogens is 316 g/mol. The van der Waals surface area contributed by atoms with Crippen LogP contribution in [-0.2, 0) is 6.61 Å². The fraction of sp³-hybridized carbons (Fsp3) is 0.0714. The van der Waals surface area contributed by atoms with Crippen LogP contribution in [0.2, 0.25) is 0 Å². The highest BCUT2D eigenvalue weighted by Gasteiger charge is 2.12. The number of ether oxygens (including phenoxy) is 1. The molecule has 0 amide bonds. The molecule has 0 heterocycles. The third-order valence-corrected chi connectivity index (χ3v) is 3.06. The molecule has 0 N–H and O–H groups in total. The monoisotopic (exact) mass is 323 g/mol. The summed E-state index contributed by atoms with van der Waals surface area (Å²) in [7, 11) is 0. The van der Waals surface area contributed by atoms with Crippen LogP contribution in [0.15, 0.2) is 40.9 Å². The van der Waals surface area contributed by atoms with Crippen LogP contribution < -0.4 is 4.74 Å². The van der Waals surface area contributed by atoms with Gasteiger partial charge in [-0.2, -0.15) is 5.26 Å². The van der Waals surface area contributed by atoms with Gasteiger partial charge in [-0.05, 0) is 28.1 Å². The fourth-order valence-electron chi connectivity index (χ4n) is 1.57. The lowest BCUT2D eigenvalue weighted by Crippen LogP contribution is -2.01. The molecule has 0 atom stereocenters. The van der Waals surface area contributed by atoms with E-state index in [4.69, 9.17) is 10.00 Å². The smallest absolute Gasteiger partial charge is 0.169 e. The van der Waals surface area contributed by atoms with Gasteiger partial charge in [-0.15, -0.1) is 0 Å². The minimum atomic E-state index is -0.790. The van der Waals surface area contributed by atoms with Crippen LogP contribution in [0.1, 0.15) is 11.1 Å².